The standard InChI is InChI=1S/C14H20N2O2/c1-16(9-10-6-12(15)7-10)14(17)11-4-3-5-13(8-11)18-2/h3-5,8,10,12H,6-7,9,15H2,1-2H3. The van der Waals surface area contributed by atoms with E-state index in [9.17, 15) is 4.79 Å². The van der Waals surface area contributed by atoms with Crippen LogP contribution in [-0.2, 0) is 0 Å². The molecule has 0 aromatic heterocycles. The summed E-state index contributed by atoms with van der Waals surface area (Å²) in [5.74, 6) is 1.30. The molecule has 0 aliphatic heterocycles. The third-order valence-corrected chi connectivity index (χ3v) is 3.47. The van der Waals surface area contributed by atoms with Gasteiger partial charge in [0.15, 0.2) is 0 Å². The third-order valence-electron chi connectivity index (χ3n) is 3.47. The van der Waals surface area contributed by atoms with Crippen LogP contribution < -0.4 is 10.5 Å². The van der Waals surface area contributed by atoms with Gasteiger partial charge in [0.25, 0.3) is 5.91 Å². The Kier molecular flexibility index (Phi) is 3.87. The molecule has 0 radical (unpaired) electrons. The van der Waals surface area contributed by atoms with Crippen molar-refractivity contribution in [3.63, 3.8) is 0 Å². The molecule has 0 spiro atoms. The van der Waals surface area contributed by atoms with Crippen LogP contribution in [0.25, 0.3) is 0 Å². The SMILES string of the molecule is COc1cccc(C(=O)N(C)CC2CC(N)C2)c1. The maximum atomic E-state index is 12.2. The molecule has 18 heavy (non-hydrogen) atoms. The van der Waals surface area contributed by atoms with Crippen molar-refractivity contribution < 1.29 is 9.53 Å². The second kappa shape index (κ2) is 5.40. The van der Waals surface area contributed by atoms with Crippen LogP contribution in [0.2, 0.25) is 0 Å². The zero-order valence-corrected chi connectivity index (χ0v) is 10.9. The van der Waals surface area contributed by atoms with Crippen molar-refractivity contribution in [2.45, 2.75) is 18.9 Å². The van der Waals surface area contributed by atoms with Crippen molar-refractivity contribution in [3.05, 3.63) is 29.8 Å². The van der Waals surface area contributed by atoms with E-state index in [-0.39, 0.29) is 5.91 Å². The highest BCUT2D eigenvalue weighted by Gasteiger charge is 2.28. The summed E-state index contributed by atoms with van der Waals surface area (Å²) in [5.41, 5.74) is 6.42. The number of carbonyl (C=O) groups is 1. The Hall–Kier alpha value is -1.55. The Morgan fingerprint density at radius 2 is 2.22 bits per heavy atom. The van der Waals surface area contributed by atoms with Gasteiger partial charge in [-0.3, -0.25) is 4.79 Å². The average molecular weight is 248 g/mol. The number of hydrogen-bond acceptors (Lipinski definition) is 3. The number of methoxy groups -OCH3 is 1. The Balaban J connectivity index is 1.96. The second-order valence-electron chi connectivity index (χ2n) is 5.02. The highest BCUT2D eigenvalue weighted by atomic mass is 16.5. The number of nitrogens with two attached hydrogens (primary N) is 1. The molecule has 2 N–H and O–H groups in total. The number of carbonyl (C=O) groups excluding carboxylic acids is 1. The minimum absolute atomic E-state index is 0.0365. The zero-order chi connectivity index (χ0) is 13.1. The summed E-state index contributed by atoms with van der Waals surface area (Å²) in [6.07, 6.45) is 2.05. The molecular formula is C14H20N2O2. The monoisotopic (exact) mass is 248 g/mol. The van der Waals surface area contributed by atoms with Crippen molar-refractivity contribution in [2.75, 3.05) is 20.7 Å². The summed E-state index contributed by atoms with van der Waals surface area (Å²) >= 11 is 0. The van der Waals surface area contributed by atoms with Crippen LogP contribution in [0.5, 0.6) is 5.75 Å². The Morgan fingerprint density at radius 1 is 1.50 bits per heavy atom. The van der Waals surface area contributed by atoms with E-state index in [2.05, 4.69) is 0 Å². The van der Waals surface area contributed by atoms with Crippen LogP contribution in [0.4, 0.5) is 0 Å². The van der Waals surface area contributed by atoms with Gasteiger partial charge in [0.1, 0.15) is 5.75 Å². The van der Waals surface area contributed by atoms with Gasteiger partial charge in [0, 0.05) is 25.2 Å². The maximum Gasteiger partial charge on any atom is 0.253 e. The third kappa shape index (κ3) is 2.82. The molecular weight excluding hydrogens is 228 g/mol. The summed E-state index contributed by atoms with van der Waals surface area (Å²) in [4.78, 5) is 14.0. The highest BCUT2D eigenvalue weighted by Crippen LogP contribution is 2.26. The molecule has 0 bridgehead atoms. The van der Waals surface area contributed by atoms with Gasteiger partial charge in [-0.2, -0.15) is 0 Å². The summed E-state index contributed by atoms with van der Waals surface area (Å²) in [5, 5.41) is 0. The summed E-state index contributed by atoms with van der Waals surface area (Å²) in [6.45, 7) is 0.781. The summed E-state index contributed by atoms with van der Waals surface area (Å²) < 4.78 is 5.12. The van der Waals surface area contributed by atoms with E-state index in [1.165, 1.54) is 0 Å². The fourth-order valence-corrected chi connectivity index (χ4v) is 2.38. The molecule has 4 nitrogen and oxygen atoms in total. The van der Waals surface area contributed by atoms with Crippen molar-refractivity contribution in [2.24, 2.45) is 11.7 Å². The molecule has 0 heterocycles. The minimum atomic E-state index is 0.0365. The summed E-state index contributed by atoms with van der Waals surface area (Å²) in [6, 6.07) is 7.58. The first-order valence-electron chi connectivity index (χ1n) is 6.25. The molecule has 1 aromatic carbocycles. The predicted octanol–water partition coefficient (Wildman–Crippen LogP) is 1.50. The lowest BCUT2D eigenvalue weighted by molar-refractivity contribution is 0.0734. The number of benzene rings is 1. The Morgan fingerprint density at radius 3 is 2.83 bits per heavy atom. The number of nitrogens with zero attached hydrogens (tertiary/aromatic N) is 1. The largest absolute Gasteiger partial charge is 0.497 e. The van der Waals surface area contributed by atoms with Crippen LogP contribution in [0, 0.1) is 5.92 Å². The van der Waals surface area contributed by atoms with Crippen molar-refractivity contribution in [1.82, 2.24) is 4.90 Å². The van der Waals surface area contributed by atoms with Gasteiger partial charge in [-0.1, -0.05) is 6.07 Å². The minimum Gasteiger partial charge on any atom is -0.497 e. The van der Waals surface area contributed by atoms with Gasteiger partial charge in [-0.15, -0.1) is 0 Å². The molecule has 1 aromatic rings. The van der Waals surface area contributed by atoms with Crippen LogP contribution in [-0.4, -0.2) is 37.6 Å². The normalized spacial score (nSPS) is 22.2. The molecule has 2 rings (SSSR count). The van der Waals surface area contributed by atoms with Crippen molar-refractivity contribution in [1.29, 1.82) is 0 Å². The first-order valence-corrected chi connectivity index (χ1v) is 6.25. The lowest BCUT2D eigenvalue weighted by Gasteiger charge is -2.35. The van der Waals surface area contributed by atoms with Crippen molar-refractivity contribution in [3.8, 4) is 5.75 Å². The molecule has 98 valence electrons. The van der Waals surface area contributed by atoms with Crippen LogP contribution in [0.1, 0.15) is 23.2 Å². The van der Waals surface area contributed by atoms with E-state index in [1.54, 1.807) is 18.1 Å². The molecule has 0 unspecified atom stereocenters. The van der Waals surface area contributed by atoms with Gasteiger partial charge in [-0.25, -0.2) is 0 Å². The quantitative estimate of drug-likeness (QED) is 0.878. The number of ether oxygens (including phenoxy) is 1. The first-order chi connectivity index (χ1) is 8.60. The highest BCUT2D eigenvalue weighted by molar-refractivity contribution is 5.94. The fourth-order valence-electron chi connectivity index (χ4n) is 2.38. The van der Waals surface area contributed by atoms with Crippen LogP contribution in [0.15, 0.2) is 24.3 Å². The maximum absolute atomic E-state index is 12.2. The van der Waals surface area contributed by atoms with Crippen molar-refractivity contribution >= 4 is 5.91 Å². The molecule has 1 aliphatic carbocycles. The zero-order valence-electron chi connectivity index (χ0n) is 10.9. The summed E-state index contributed by atoms with van der Waals surface area (Å²) in [7, 11) is 3.44. The molecule has 1 saturated carbocycles. The molecule has 1 fully saturated rings. The van der Waals surface area contributed by atoms with Crippen LogP contribution in [0.3, 0.4) is 0 Å². The molecule has 0 saturated heterocycles. The second-order valence-corrected chi connectivity index (χ2v) is 5.02. The lowest BCUT2D eigenvalue weighted by Crippen LogP contribution is -2.43. The Labute approximate surface area is 108 Å². The number of rotatable bonds is 4. The van der Waals surface area contributed by atoms with Crippen LogP contribution >= 0.6 is 0 Å². The van der Waals surface area contributed by atoms with E-state index in [1.807, 2.05) is 25.2 Å². The van der Waals surface area contributed by atoms with Gasteiger partial charge < -0.3 is 15.4 Å². The smallest absolute Gasteiger partial charge is 0.253 e. The van der Waals surface area contributed by atoms with Gasteiger partial charge >= 0.3 is 0 Å². The fraction of sp³-hybridized carbons (Fsp3) is 0.500. The van der Waals surface area contributed by atoms with E-state index in [4.69, 9.17) is 10.5 Å². The predicted molar refractivity (Wildman–Crippen MR) is 70.7 cm³/mol. The molecule has 1 aliphatic rings. The van der Waals surface area contributed by atoms with Gasteiger partial charge in [-0.05, 0) is 37.0 Å². The number of hydrogen-bond donors (Lipinski definition) is 1. The van der Waals surface area contributed by atoms with E-state index in [0.29, 0.717) is 23.3 Å². The average Bonchev–Trinajstić information content (AvgIpc) is 2.36. The van der Waals surface area contributed by atoms with E-state index < -0.39 is 0 Å². The van der Waals surface area contributed by atoms with E-state index in [0.717, 1.165) is 19.4 Å². The molecule has 4 heteroatoms. The lowest BCUT2D eigenvalue weighted by atomic mass is 9.80. The topological polar surface area (TPSA) is 55.6 Å². The first kappa shape index (κ1) is 12.9. The Bertz CT molecular complexity index is 428. The van der Waals surface area contributed by atoms with Gasteiger partial charge in [0.2, 0.25) is 0 Å². The number of amides is 1. The molecule has 0 atom stereocenters. The van der Waals surface area contributed by atoms with E-state index >= 15 is 0 Å². The van der Waals surface area contributed by atoms with Gasteiger partial charge in [0.05, 0.1) is 7.11 Å². The molecule has 1 amide bonds.